The van der Waals surface area contributed by atoms with Gasteiger partial charge in [0.15, 0.2) is 0 Å². The fourth-order valence-corrected chi connectivity index (χ4v) is 7.72. The first-order chi connectivity index (χ1) is 23.2. The van der Waals surface area contributed by atoms with E-state index in [2.05, 4.69) is 102 Å². The van der Waals surface area contributed by atoms with Crippen LogP contribution in [0, 0.1) is 5.82 Å². The van der Waals surface area contributed by atoms with E-state index < -0.39 is 0 Å². The molecular weight excluding hydrogens is 598 g/mol. The monoisotopic (exact) mass is 623 g/mol. The number of thiophene rings is 1. The number of imidazole rings is 1. The molecule has 0 bridgehead atoms. The first kappa shape index (κ1) is 27.4. The van der Waals surface area contributed by atoms with Gasteiger partial charge in [0.05, 0.1) is 21.3 Å². The minimum atomic E-state index is -0.255. The molecular formula is C42H26FN3S. The summed E-state index contributed by atoms with van der Waals surface area (Å²) in [6.45, 7) is 0. The van der Waals surface area contributed by atoms with Gasteiger partial charge in [0, 0.05) is 33.1 Å². The second-order valence-corrected chi connectivity index (χ2v) is 12.6. The summed E-state index contributed by atoms with van der Waals surface area (Å²) in [6, 6.07) is 51.0. The van der Waals surface area contributed by atoms with E-state index in [1.165, 1.54) is 17.7 Å². The molecule has 0 fully saturated rings. The molecule has 0 spiro atoms. The molecule has 0 N–H and O–H groups in total. The summed E-state index contributed by atoms with van der Waals surface area (Å²) in [5, 5.41) is 1.05. The van der Waals surface area contributed by atoms with Gasteiger partial charge in [-0.3, -0.25) is 9.55 Å². The first-order valence-corrected chi connectivity index (χ1v) is 16.3. The van der Waals surface area contributed by atoms with E-state index in [1.807, 2.05) is 48.7 Å². The molecule has 0 aliphatic rings. The van der Waals surface area contributed by atoms with Crippen LogP contribution in [0.5, 0.6) is 0 Å². The predicted octanol–water partition coefficient (Wildman–Crippen LogP) is 11.6. The van der Waals surface area contributed by atoms with E-state index in [1.54, 1.807) is 11.3 Å². The van der Waals surface area contributed by atoms with Crippen LogP contribution >= 0.6 is 11.3 Å². The van der Waals surface area contributed by atoms with Crippen LogP contribution in [0.25, 0.3) is 81.8 Å². The van der Waals surface area contributed by atoms with Gasteiger partial charge in [-0.1, -0.05) is 103 Å². The molecule has 0 atom stereocenters. The smallest absolute Gasteiger partial charge is 0.147 e. The van der Waals surface area contributed by atoms with Gasteiger partial charge in [-0.15, -0.1) is 11.3 Å². The van der Waals surface area contributed by atoms with Crippen molar-refractivity contribution in [1.82, 2.24) is 14.5 Å². The van der Waals surface area contributed by atoms with Crippen molar-refractivity contribution in [3.8, 4) is 50.5 Å². The van der Waals surface area contributed by atoms with Crippen molar-refractivity contribution in [3.05, 3.63) is 164 Å². The largest absolute Gasteiger partial charge is 0.292 e. The van der Waals surface area contributed by atoms with Crippen molar-refractivity contribution in [2.45, 2.75) is 0 Å². The molecule has 3 nitrogen and oxygen atoms in total. The van der Waals surface area contributed by atoms with Crippen molar-refractivity contribution in [3.63, 3.8) is 0 Å². The number of rotatable bonds is 5. The predicted molar refractivity (Wildman–Crippen MR) is 193 cm³/mol. The van der Waals surface area contributed by atoms with Crippen LogP contribution in [0.2, 0.25) is 0 Å². The summed E-state index contributed by atoms with van der Waals surface area (Å²) in [5.41, 5.74) is 11.5. The van der Waals surface area contributed by atoms with Gasteiger partial charge >= 0.3 is 0 Å². The summed E-state index contributed by atoms with van der Waals surface area (Å²) < 4.78 is 18.4. The molecule has 0 saturated heterocycles. The van der Waals surface area contributed by atoms with E-state index >= 15 is 0 Å². The van der Waals surface area contributed by atoms with Crippen molar-refractivity contribution < 1.29 is 4.39 Å². The number of fused-ring (bicyclic) bond motifs is 4. The third-order valence-corrected chi connectivity index (χ3v) is 9.92. The number of benzene rings is 6. The average Bonchev–Trinajstić information content (AvgIpc) is 3.71. The number of aromatic nitrogens is 3. The second kappa shape index (κ2) is 11.2. The van der Waals surface area contributed by atoms with Crippen molar-refractivity contribution in [2.24, 2.45) is 0 Å². The molecule has 47 heavy (non-hydrogen) atoms. The molecule has 0 aliphatic heterocycles. The molecule has 5 heteroatoms. The Bertz CT molecular complexity index is 2550. The van der Waals surface area contributed by atoms with E-state index in [0.717, 1.165) is 76.2 Å². The van der Waals surface area contributed by atoms with Gasteiger partial charge in [-0.25, -0.2) is 9.37 Å². The Labute approximate surface area is 274 Å². The number of hydrogen-bond donors (Lipinski definition) is 0. The van der Waals surface area contributed by atoms with Crippen molar-refractivity contribution in [2.75, 3.05) is 0 Å². The highest BCUT2D eigenvalue weighted by Crippen LogP contribution is 2.45. The molecule has 0 radical (unpaired) electrons. The second-order valence-electron chi connectivity index (χ2n) is 11.6. The quantitative estimate of drug-likeness (QED) is 0.191. The third-order valence-electron chi connectivity index (χ3n) is 8.76. The van der Waals surface area contributed by atoms with Crippen LogP contribution < -0.4 is 0 Å². The first-order valence-electron chi connectivity index (χ1n) is 15.5. The molecule has 0 unspecified atom stereocenters. The lowest BCUT2D eigenvalue weighted by atomic mass is 9.98. The van der Waals surface area contributed by atoms with Gasteiger partial charge in [0.1, 0.15) is 11.6 Å². The minimum absolute atomic E-state index is 0.255. The van der Waals surface area contributed by atoms with Gasteiger partial charge in [0.25, 0.3) is 0 Å². The topological polar surface area (TPSA) is 30.7 Å². The van der Waals surface area contributed by atoms with Gasteiger partial charge < -0.3 is 0 Å². The molecule has 0 amide bonds. The lowest BCUT2D eigenvalue weighted by molar-refractivity contribution is 0.628. The Hall–Kier alpha value is -5.91. The zero-order valence-corrected chi connectivity index (χ0v) is 26.0. The summed E-state index contributed by atoms with van der Waals surface area (Å²) >= 11 is 1.73. The van der Waals surface area contributed by atoms with Crippen LogP contribution in [0.1, 0.15) is 0 Å². The zero-order valence-electron chi connectivity index (χ0n) is 25.1. The summed E-state index contributed by atoms with van der Waals surface area (Å²) in [5.74, 6) is 0.610. The molecule has 222 valence electrons. The minimum Gasteiger partial charge on any atom is -0.292 e. The average molecular weight is 624 g/mol. The number of pyridine rings is 1. The van der Waals surface area contributed by atoms with Gasteiger partial charge in [0.2, 0.25) is 0 Å². The Kier molecular flexibility index (Phi) is 6.51. The van der Waals surface area contributed by atoms with Crippen LogP contribution in [0.3, 0.4) is 0 Å². The fourth-order valence-electron chi connectivity index (χ4n) is 6.48. The van der Waals surface area contributed by atoms with Gasteiger partial charge in [-0.05, 0) is 76.3 Å². The maximum absolute atomic E-state index is 14.0. The van der Waals surface area contributed by atoms with E-state index in [0.29, 0.717) is 0 Å². The molecule has 0 aliphatic carbocycles. The van der Waals surface area contributed by atoms with Gasteiger partial charge in [-0.2, -0.15) is 0 Å². The molecule has 9 aromatic rings. The number of hydrogen-bond acceptors (Lipinski definition) is 3. The Morgan fingerprint density at radius 1 is 0.553 bits per heavy atom. The fraction of sp³-hybridized carbons (Fsp3) is 0. The SMILES string of the molecule is Fc1ccc(-c2ccc(-c3nc4ccccc4n3-c3ccc(-c4ccccc4)cc3)c3sc4cc(-c5ccccc5)cnc4c23)cc1. The Morgan fingerprint density at radius 2 is 1.17 bits per heavy atom. The maximum atomic E-state index is 14.0. The highest BCUT2D eigenvalue weighted by atomic mass is 32.1. The van der Waals surface area contributed by atoms with Crippen LogP contribution in [0.15, 0.2) is 158 Å². The molecule has 0 saturated carbocycles. The lowest BCUT2D eigenvalue weighted by Gasteiger charge is -2.13. The highest BCUT2D eigenvalue weighted by Gasteiger charge is 2.22. The molecule has 3 heterocycles. The van der Waals surface area contributed by atoms with E-state index in [9.17, 15) is 4.39 Å². The van der Waals surface area contributed by atoms with Crippen molar-refractivity contribution >= 4 is 42.7 Å². The number of halogens is 1. The number of para-hydroxylation sites is 2. The summed E-state index contributed by atoms with van der Waals surface area (Å²) in [7, 11) is 0. The lowest BCUT2D eigenvalue weighted by Crippen LogP contribution is -1.98. The summed E-state index contributed by atoms with van der Waals surface area (Å²) in [6.07, 6.45) is 1.95. The van der Waals surface area contributed by atoms with Crippen molar-refractivity contribution in [1.29, 1.82) is 0 Å². The normalized spacial score (nSPS) is 11.5. The van der Waals surface area contributed by atoms with Crippen LogP contribution in [-0.4, -0.2) is 14.5 Å². The standard InChI is InChI=1S/C42H26FN3S/c43-32-19-15-30(16-20-32)34-23-24-35(41-39(34)40-38(47-41)25-31(26-44-40)28-11-5-2-6-12-28)42-45-36-13-7-8-14-37(36)46(42)33-21-17-29(18-22-33)27-9-3-1-4-10-27/h1-26H. The molecule has 9 rings (SSSR count). The Balaban J connectivity index is 1.30. The highest BCUT2D eigenvalue weighted by molar-refractivity contribution is 7.26. The number of nitrogens with zero attached hydrogens (tertiary/aromatic N) is 3. The molecule has 6 aromatic carbocycles. The van der Waals surface area contributed by atoms with E-state index in [-0.39, 0.29) is 5.82 Å². The van der Waals surface area contributed by atoms with Crippen LogP contribution in [0.4, 0.5) is 4.39 Å². The maximum Gasteiger partial charge on any atom is 0.147 e. The molecule has 3 aromatic heterocycles. The summed E-state index contributed by atoms with van der Waals surface area (Å²) in [4.78, 5) is 10.3. The zero-order chi connectivity index (χ0) is 31.3. The van der Waals surface area contributed by atoms with Crippen LogP contribution in [-0.2, 0) is 0 Å². The Morgan fingerprint density at radius 3 is 1.91 bits per heavy atom. The van der Waals surface area contributed by atoms with E-state index in [4.69, 9.17) is 9.97 Å². The third kappa shape index (κ3) is 4.71.